The van der Waals surface area contributed by atoms with Crippen LogP contribution in [-0.2, 0) is 12.6 Å². The number of alkyl halides is 3. The Bertz CT molecular complexity index is 2080. The molecule has 4 heterocycles. The summed E-state index contributed by atoms with van der Waals surface area (Å²) in [5.74, 6) is -2.50. The number of hydrogen-bond donors (Lipinski definition) is 1. The summed E-state index contributed by atoms with van der Waals surface area (Å²) in [6, 6.07) is 8.14. The Kier molecular flexibility index (Phi) is 7.73. The molecule has 0 radical (unpaired) electrons. The highest BCUT2D eigenvalue weighted by molar-refractivity contribution is 6.31. The average molecular weight is 657 g/mol. The number of carbonyl (C=O) groups is 1. The van der Waals surface area contributed by atoms with E-state index in [9.17, 15) is 27.6 Å². The molecule has 4 aromatic heterocycles. The summed E-state index contributed by atoms with van der Waals surface area (Å²) in [6.07, 6.45) is 2.56. The van der Waals surface area contributed by atoms with Gasteiger partial charge in [-0.05, 0) is 35.9 Å². The summed E-state index contributed by atoms with van der Waals surface area (Å²) in [5, 5.41) is 24.2. The molecule has 6 rings (SSSR count). The standard InChI is InChI=1S/C29H18ClF5N8O3/c30-19-4-6-22(42-14-24(39-40-42)29(33,34)35)26(27(19)32)16-2-5-21(43(45)13-16)23(10-25-37-7-8-46-25)41-12-17(11-38-41)15-1-3-18(28(36)44)20(31)9-15/h1-9,11-14,23H,10H2,(H2,36,44). The van der Waals surface area contributed by atoms with Gasteiger partial charge in [0, 0.05) is 17.8 Å². The molecular weight excluding hydrogens is 639 g/mol. The summed E-state index contributed by atoms with van der Waals surface area (Å²) in [5.41, 5.74) is 4.04. The number of aromatic nitrogens is 7. The van der Waals surface area contributed by atoms with Crippen LogP contribution in [0.4, 0.5) is 22.0 Å². The van der Waals surface area contributed by atoms with Gasteiger partial charge in [0.15, 0.2) is 23.6 Å². The first kappa shape index (κ1) is 30.4. The van der Waals surface area contributed by atoms with Crippen molar-refractivity contribution in [3.8, 4) is 27.9 Å². The number of oxazole rings is 1. The van der Waals surface area contributed by atoms with E-state index >= 15 is 4.39 Å². The lowest BCUT2D eigenvalue weighted by Gasteiger charge is -2.17. The Morgan fingerprint density at radius 2 is 1.87 bits per heavy atom. The van der Waals surface area contributed by atoms with E-state index in [2.05, 4.69) is 20.4 Å². The number of pyridine rings is 1. The van der Waals surface area contributed by atoms with Gasteiger partial charge < -0.3 is 15.4 Å². The van der Waals surface area contributed by atoms with Gasteiger partial charge in [0.05, 0.1) is 52.4 Å². The lowest BCUT2D eigenvalue weighted by atomic mass is 10.0. The summed E-state index contributed by atoms with van der Waals surface area (Å²) < 4.78 is 77.4. The summed E-state index contributed by atoms with van der Waals surface area (Å²) in [4.78, 5) is 15.5. The molecule has 0 spiro atoms. The van der Waals surface area contributed by atoms with E-state index in [1.165, 1.54) is 59.9 Å². The first-order chi connectivity index (χ1) is 21.9. The second-order valence-electron chi connectivity index (χ2n) is 9.88. The van der Waals surface area contributed by atoms with Crippen molar-refractivity contribution in [1.82, 2.24) is 29.8 Å². The fraction of sp³-hybridized carbons (Fsp3) is 0.103. The SMILES string of the molecule is NC(=O)c1ccc(-c2cnn(C(Cc3ncco3)c3ccc(-c4c(-n5cc(C(F)(F)F)nn5)ccc(Cl)c4F)c[n+]3[O-])c2)cc1F. The normalized spacial score (nSPS) is 12.4. The van der Waals surface area contributed by atoms with Crippen LogP contribution in [0.1, 0.15) is 33.7 Å². The molecule has 0 aliphatic carbocycles. The third kappa shape index (κ3) is 5.77. The first-order valence-electron chi connectivity index (χ1n) is 13.1. The van der Waals surface area contributed by atoms with Crippen LogP contribution in [0, 0.1) is 16.8 Å². The topological polar surface area (TPSA) is 145 Å². The maximum Gasteiger partial charge on any atom is 0.436 e. The predicted octanol–water partition coefficient (Wildman–Crippen LogP) is 5.30. The zero-order valence-electron chi connectivity index (χ0n) is 23.0. The molecular formula is C29H18ClF5N8O3. The molecule has 0 aliphatic heterocycles. The smallest absolute Gasteiger partial charge is 0.436 e. The van der Waals surface area contributed by atoms with Crippen LogP contribution in [0.2, 0.25) is 5.02 Å². The van der Waals surface area contributed by atoms with Gasteiger partial charge in [0.1, 0.15) is 18.1 Å². The molecule has 17 heteroatoms. The van der Waals surface area contributed by atoms with Gasteiger partial charge in [-0.2, -0.15) is 23.0 Å². The highest BCUT2D eigenvalue weighted by Gasteiger charge is 2.35. The van der Waals surface area contributed by atoms with Crippen LogP contribution in [-0.4, -0.2) is 35.7 Å². The van der Waals surface area contributed by atoms with Crippen LogP contribution in [0.25, 0.3) is 27.9 Å². The van der Waals surface area contributed by atoms with Gasteiger partial charge in [0.2, 0.25) is 5.69 Å². The number of nitrogens with two attached hydrogens (primary N) is 1. The molecule has 11 nitrogen and oxygen atoms in total. The van der Waals surface area contributed by atoms with Gasteiger partial charge in [-0.15, -0.1) is 5.10 Å². The molecule has 234 valence electrons. The molecule has 2 N–H and O–H groups in total. The number of rotatable bonds is 8. The molecule has 1 unspecified atom stereocenters. The zero-order valence-corrected chi connectivity index (χ0v) is 23.7. The maximum absolute atomic E-state index is 15.4. The highest BCUT2D eigenvalue weighted by atomic mass is 35.5. The van der Waals surface area contributed by atoms with Crippen LogP contribution >= 0.6 is 11.6 Å². The second kappa shape index (κ2) is 11.7. The minimum Gasteiger partial charge on any atom is -0.618 e. The zero-order chi connectivity index (χ0) is 32.7. The molecule has 0 fully saturated rings. The van der Waals surface area contributed by atoms with E-state index in [4.69, 9.17) is 21.8 Å². The molecule has 6 aromatic rings. The summed E-state index contributed by atoms with van der Waals surface area (Å²) in [6.45, 7) is 0. The van der Waals surface area contributed by atoms with E-state index < -0.39 is 35.5 Å². The first-order valence-corrected chi connectivity index (χ1v) is 13.5. The molecule has 0 aliphatic rings. The Labute approximate surface area is 259 Å². The minimum atomic E-state index is -4.80. The van der Waals surface area contributed by atoms with Crippen molar-refractivity contribution in [2.45, 2.75) is 18.6 Å². The Balaban J connectivity index is 1.41. The number of carbonyl (C=O) groups excluding carboxylic acids is 1. The molecule has 1 atom stereocenters. The molecule has 1 amide bonds. The molecule has 0 saturated carbocycles. The van der Waals surface area contributed by atoms with E-state index in [1.807, 2.05) is 0 Å². The van der Waals surface area contributed by atoms with Crippen molar-refractivity contribution in [3.05, 3.63) is 124 Å². The Morgan fingerprint density at radius 3 is 2.52 bits per heavy atom. The molecule has 0 saturated heterocycles. The summed E-state index contributed by atoms with van der Waals surface area (Å²) >= 11 is 6.01. The maximum atomic E-state index is 15.4. The monoisotopic (exact) mass is 656 g/mol. The number of hydrogen-bond acceptors (Lipinski definition) is 7. The van der Waals surface area contributed by atoms with Gasteiger partial charge in [-0.25, -0.2) is 18.4 Å². The molecule has 2 aromatic carbocycles. The lowest BCUT2D eigenvalue weighted by Crippen LogP contribution is -2.36. The fourth-order valence-corrected chi connectivity index (χ4v) is 4.98. The fourth-order valence-electron chi connectivity index (χ4n) is 4.82. The van der Waals surface area contributed by atoms with Crippen molar-refractivity contribution in [2.75, 3.05) is 0 Å². The number of amides is 1. The van der Waals surface area contributed by atoms with E-state index in [1.54, 1.807) is 0 Å². The minimum absolute atomic E-state index is 0.0284. The van der Waals surface area contributed by atoms with E-state index in [0.717, 1.165) is 23.0 Å². The van der Waals surface area contributed by atoms with Crippen LogP contribution in [0.5, 0.6) is 0 Å². The predicted molar refractivity (Wildman–Crippen MR) is 150 cm³/mol. The van der Waals surface area contributed by atoms with E-state index in [-0.39, 0.29) is 45.4 Å². The largest absolute Gasteiger partial charge is 0.618 e. The number of nitrogens with zero attached hydrogens (tertiary/aromatic N) is 7. The molecule has 0 bridgehead atoms. The second-order valence-corrected chi connectivity index (χ2v) is 10.3. The third-order valence-electron chi connectivity index (χ3n) is 7.02. The van der Waals surface area contributed by atoms with Gasteiger partial charge in [0.25, 0.3) is 5.91 Å². The lowest BCUT2D eigenvalue weighted by molar-refractivity contribution is -0.615. The Hall–Kier alpha value is -5.64. The van der Waals surface area contributed by atoms with Crippen molar-refractivity contribution in [2.24, 2.45) is 5.73 Å². The number of primary amides is 1. The molecule has 46 heavy (non-hydrogen) atoms. The number of halogens is 6. The van der Waals surface area contributed by atoms with Crippen molar-refractivity contribution in [3.63, 3.8) is 0 Å². The van der Waals surface area contributed by atoms with Gasteiger partial charge in [-0.3, -0.25) is 9.48 Å². The Morgan fingerprint density at radius 1 is 1.09 bits per heavy atom. The van der Waals surface area contributed by atoms with Gasteiger partial charge >= 0.3 is 6.18 Å². The average Bonchev–Trinajstić information content (AvgIpc) is 3.79. The summed E-state index contributed by atoms with van der Waals surface area (Å²) in [7, 11) is 0. The third-order valence-corrected chi connectivity index (χ3v) is 7.31. The number of benzene rings is 2. The van der Waals surface area contributed by atoms with Crippen LogP contribution < -0.4 is 10.5 Å². The van der Waals surface area contributed by atoms with Crippen molar-refractivity contribution >= 4 is 17.5 Å². The van der Waals surface area contributed by atoms with E-state index in [0.29, 0.717) is 22.1 Å². The highest BCUT2D eigenvalue weighted by Crippen LogP contribution is 2.35. The quantitative estimate of drug-likeness (QED) is 0.133. The van der Waals surface area contributed by atoms with Crippen molar-refractivity contribution < 1.29 is 35.9 Å². The van der Waals surface area contributed by atoms with Crippen LogP contribution in [0.3, 0.4) is 0 Å². The van der Waals surface area contributed by atoms with Gasteiger partial charge in [-0.1, -0.05) is 22.9 Å². The van der Waals surface area contributed by atoms with Crippen LogP contribution in [0.15, 0.2) is 84.1 Å². The van der Waals surface area contributed by atoms with Crippen molar-refractivity contribution in [1.29, 1.82) is 0 Å².